The largest absolute Gasteiger partial charge is 0.309 e. The maximum absolute atomic E-state index is 11.2. The Morgan fingerprint density at radius 1 is 1.44 bits per heavy atom. The quantitative estimate of drug-likeness (QED) is 0.897. The van der Waals surface area contributed by atoms with Crippen molar-refractivity contribution < 1.29 is 8.42 Å². The number of sulfone groups is 1. The van der Waals surface area contributed by atoms with E-state index < -0.39 is 9.84 Å². The van der Waals surface area contributed by atoms with E-state index in [9.17, 15) is 8.42 Å². The Kier molecular flexibility index (Phi) is 3.52. The summed E-state index contributed by atoms with van der Waals surface area (Å²) in [4.78, 5) is 0. The van der Waals surface area contributed by atoms with Crippen LogP contribution in [0.5, 0.6) is 0 Å². The summed E-state index contributed by atoms with van der Waals surface area (Å²) < 4.78 is 22.5. The van der Waals surface area contributed by atoms with Gasteiger partial charge in [-0.25, -0.2) is 8.42 Å². The van der Waals surface area contributed by atoms with Gasteiger partial charge in [-0.3, -0.25) is 0 Å². The van der Waals surface area contributed by atoms with Gasteiger partial charge >= 0.3 is 0 Å². The average Bonchev–Trinajstić information content (AvgIpc) is 2.56. The van der Waals surface area contributed by atoms with Gasteiger partial charge in [-0.2, -0.15) is 0 Å². The predicted octanol–water partition coefficient (Wildman–Crippen LogP) is 1.62. The number of nitrogens with one attached hydrogen (secondary N) is 1. The van der Waals surface area contributed by atoms with E-state index in [0.717, 1.165) is 5.56 Å². The molecule has 1 saturated heterocycles. The fraction of sp³-hybridized carbons (Fsp3) is 0.455. The zero-order valence-electron chi connectivity index (χ0n) is 8.82. The highest BCUT2D eigenvalue weighted by molar-refractivity contribution is 7.91. The highest BCUT2D eigenvalue weighted by atomic mass is 35.5. The molecule has 1 aromatic rings. The Morgan fingerprint density at radius 2 is 2.25 bits per heavy atom. The van der Waals surface area contributed by atoms with E-state index in [0.29, 0.717) is 23.7 Å². The maximum atomic E-state index is 11.2. The van der Waals surface area contributed by atoms with Crippen molar-refractivity contribution in [3.63, 3.8) is 0 Å². The van der Waals surface area contributed by atoms with Gasteiger partial charge in [0.1, 0.15) is 0 Å². The molecule has 2 rings (SSSR count). The van der Waals surface area contributed by atoms with Gasteiger partial charge in [-0.05, 0) is 24.1 Å². The highest BCUT2D eigenvalue weighted by Gasteiger charge is 2.27. The van der Waals surface area contributed by atoms with E-state index >= 15 is 0 Å². The predicted molar refractivity (Wildman–Crippen MR) is 65.4 cm³/mol. The van der Waals surface area contributed by atoms with Crippen LogP contribution in [0.4, 0.5) is 0 Å². The molecule has 0 aliphatic carbocycles. The van der Waals surface area contributed by atoms with Gasteiger partial charge < -0.3 is 5.32 Å². The van der Waals surface area contributed by atoms with Gasteiger partial charge in [-0.1, -0.05) is 23.7 Å². The molecule has 0 aromatic heterocycles. The van der Waals surface area contributed by atoms with Gasteiger partial charge in [0, 0.05) is 17.6 Å². The zero-order valence-corrected chi connectivity index (χ0v) is 10.4. The molecule has 1 fully saturated rings. The molecule has 88 valence electrons. The summed E-state index contributed by atoms with van der Waals surface area (Å²) in [6, 6.07) is 7.67. The van der Waals surface area contributed by atoms with Crippen LogP contribution in [-0.2, 0) is 16.4 Å². The van der Waals surface area contributed by atoms with Crippen molar-refractivity contribution in [1.29, 1.82) is 0 Å². The summed E-state index contributed by atoms with van der Waals surface area (Å²) in [7, 11) is -2.80. The van der Waals surface area contributed by atoms with Gasteiger partial charge in [0.15, 0.2) is 9.84 Å². The number of rotatable bonds is 3. The van der Waals surface area contributed by atoms with Crippen molar-refractivity contribution in [3.05, 3.63) is 34.9 Å². The lowest BCUT2D eigenvalue weighted by atomic mass is 10.2. The fourth-order valence-electron chi connectivity index (χ4n) is 1.87. The van der Waals surface area contributed by atoms with E-state index in [1.807, 2.05) is 24.3 Å². The molecule has 0 saturated carbocycles. The summed E-state index contributed by atoms with van der Waals surface area (Å²) in [6.45, 7) is 0.667. The van der Waals surface area contributed by atoms with E-state index in [-0.39, 0.29) is 11.8 Å². The minimum atomic E-state index is -2.80. The van der Waals surface area contributed by atoms with Crippen LogP contribution in [0.2, 0.25) is 5.02 Å². The first kappa shape index (κ1) is 11.9. The molecule has 1 atom stereocenters. The third kappa shape index (κ3) is 3.20. The Balaban J connectivity index is 1.89. The van der Waals surface area contributed by atoms with Crippen molar-refractivity contribution >= 4 is 21.4 Å². The molecular formula is C11H14ClNO2S. The normalized spacial score (nSPS) is 23.4. The molecule has 1 aliphatic heterocycles. The highest BCUT2D eigenvalue weighted by Crippen LogP contribution is 2.14. The number of hydrogen-bond donors (Lipinski definition) is 1. The molecule has 0 bridgehead atoms. The van der Waals surface area contributed by atoms with Gasteiger partial charge in [0.2, 0.25) is 0 Å². The molecule has 0 radical (unpaired) electrons. The Hall–Kier alpha value is -0.580. The molecule has 0 amide bonds. The number of halogens is 1. The van der Waals surface area contributed by atoms with Gasteiger partial charge in [0.05, 0.1) is 11.5 Å². The monoisotopic (exact) mass is 259 g/mol. The minimum Gasteiger partial charge on any atom is -0.309 e. The molecule has 3 nitrogen and oxygen atoms in total. The first-order valence-corrected chi connectivity index (χ1v) is 7.43. The van der Waals surface area contributed by atoms with Crippen molar-refractivity contribution in [2.24, 2.45) is 0 Å². The third-order valence-corrected chi connectivity index (χ3v) is 4.72. The van der Waals surface area contributed by atoms with E-state index in [1.54, 1.807) is 0 Å². The van der Waals surface area contributed by atoms with E-state index in [4.69, 9.17) is 11.6 Å². The zero-order chi connectivity index (χ0) is 11.6. The van der Waals surface area contributed by atoms with Crippen LogP contribution in [-0.4, -0.2) is 26.0 Å². The van der Waals surface area contributed by atoms with Crippen LogP contribution >= 0.6 is 11.6 Å². The Labute approximate surface area is 101 Å². The van der Waals surface area contributed by atoms with Crippen LogP contribution in [0.1, 0.15) is 12.0 Å². The topological polar surface area (TPSA) is 46.2 Å². The Morgan fingerprint density at radius 3 is 2.88 bits per heavy atom. The van der Waals surface area contributed by atoms with Crippen LogP contribution < -0.4 is 5.32 Å². The smallest absolute Gasteiger partial charge is 0.151 e. The Bertz CT molecular complexity index is 473. The first-order chi connectivity index (χ1) is 7.55. The number of hydrogen-bond acceptors (Lipinski definition) is 3. The molecule has 1 aliphatic rings. The van der Waals surface area contributed by atoms with Crippen LogP contribution in [0.15, 0.2) is 24.3 Å². The third-order valence-electron chi connectivity index (χ3n) is 2.72. The molecular weight excluding hydrogens is 246 g/mol. The molecule has 1 heterocycles. The molecule has 5 heteroatoms. The van der Waals surface area contributed by atoms with Crippen LogP contribution in [0, 0.1) is 0 Å². The summed E-state index contributed by atoms with van der Waals surface area (Å²) in [6.07, 6.45) is 0.711. The summed E-state index contributed by atoms with van der Waals surface area (Å²) >= 11 is 5.86. The van der Waals surface area contributed by atoms with Crippen LogP contribution in [0.3, 0.4) is 0 Å². The standard InChI is InChI=1S/C11H14ClNO2S/c12-10-3-1-2-9(6-10)7-13-11-4-5-16(14,15)8-11/h1-3,6,11,13H,4-5,7-8H2/t11-/m0/s1. The lowest BCUT2D eigenvalue weighted by Gasteiger charge is -2.10. The molecule has 16 heavy (non-hydrogen) atoms. The molecule has 1 N–H and O–H groups in total. The fourth-order valence-corrected chi connectivity index (χ4v) is 3.79. The number of benzene rings is 1. The summed E-state index contributed by atoms with van der Waals surface area (Å²) in [5, 5.41) is 3.95. The van der Waals surface area contributed by atoms with Gasteiger partial charge in [0.25, 0.3) is 0 Å². The first-order valence-electron chi connectivity index (χ1n) is 5.23. The van der Waals surface area contributed by atoms with E-state index in [2.05, 4.69) is 5.32 Å². The van der Waals surface area contributed by atoms with Crippen molar-refractivity contribution in [3.8, 4) is 0 Å². The average molecular weight is 260 g/mol. The van der Waals surface area contributed by atoms with Crippen molar-refractivity contribution in [2.75, 3.05) is 11.5 Å². The van der Waals surface area contributed by atoms with Gasteiger partial charge in [-0.15, -0.1) is 0 Å². The second kappa shape index (κ2) is 4.73. The maximum Gasteiger partial charge on any atom is 0.151 e. The van der Waals surface area contributed by atoms with Crippen LogP contribution in [0.25, 0.3) is 0 Å². The lowest BCUT2D eigenvalue weighted by molar-refractivity contribution is 0.554. The summed E-state index contributed by atoms with van der Waals surface area (Å²) in [5.41, 5.74) is 1.08. The second-order valence-electron chi connectivity index (χ2n) is 4.11. The van der Waals surface area contributed by atoms with Crippen molar-refractivity contribution in [1.82, 2.24) is 5.32 Å². The second-order valence-corrected chi connectivity index (χ2v) is 6.78. The SMILES string of the molecule is O=S1(=O)CC[C@H](NCc2cccc(Cl)c2)C1. The van der Waals surface area contributed by atoms with E-state index in [1.165, 1.54) is 0 Å². The summed E-state index contributed by atoms with van der Waals surface area (Å²) in [5.74, 6) is 0.563. The molecule has 1 aromatic carbocycles. The molecule has 0 unspecified atom stereocenters. The lowest BCUT2D eigenvalue weighted by Crippen LogP contribution is -2.29. The van der Waals surface area contributed by atoms with Crippen molar-refractivity contribution in [2.45, 2.75) is 19.0 Å². The molecule has 0 spiro atoms. The minimum absolute atomic E-state index is 0.0870.